The zero-order valence-electron chi connectivity index (χ0n) is 16.8. The topological polar surface area (TPSA) is 61.8 Å². The molecule has 0 radical (unpaired) electrons. The average Bonchev–Trinajstić information content (AvgIpc) is 2.73. The molecule has 1 unspecified atom stereocenters. The Morgan fingerprint density at radius 3 is 2.07 bits per heavy atom. The van der Waals surface area contributed by atoms with Crippen LogP contribution in [0.25, 0.3) is 0 Å². The monoisotopic (exact) mass is 384 g/mol. The van der Waals surface area contributed by atoms with E-state index in [1.165, 1.54) is 14.2 Å². The van der Waals surface area contributed by atoms with Crippen LogP contribution in [0.2, 0.25) is 0 Å². The van der Waals surface area contributed by atoms with Crippen LogP contribution in [0, 0.1) is 0 Å². The summed E-state index contributed by atoms with van der Waals surface area (Å²) >= 11 is 0. The Morgan fingerprint density at radius 1 is 0.857 bits per heavy atom. The van der Waals surface area contributed by atoms with Crippen molar-refractivity contribution in [2.75, 3.05) is 20.8 Å². The maximum absolute atomic E-state index is 13.4. The van der Waals surface area contributed by atoms with Gasteiger partial charge in [0.1, 0.15) is 23.0 Å². The summed E-state index contributed by atoms with van der Waals surface area (Å²) in [5, 5.41) is 0. The van der Waals surface area contributed by atoms with Gasteiger partial charge >= 0.3 is 5.97 Å². The molecule has 0 spiro atoms. The molecular weight excluding hydrogens is 356 g/mol. The highest BCUT2D eigenvalue weighted by molar-refractivity contribution is 6.15. The van der Waals surface area contributed by atoms with Gasteiger partial charge in [0.05, 0.1) is 20.8 Å². The second-order valence-corrected chi connectivity index (χ2v) is 6.47. The number of Topliss-reactive ketones (excluding diaryl/α,β-unsaturated/α-hetero) is 1. The fraction of sp³-hybridized carbons (Fsp3) is 0.391. The molecule has 2 rings (SSSR count). The van der Waals surface area contributed by atoms with E-state index < -0.39 is 17.7 Å². The van der Waals surface area contributed by atoms with Crippen LogP contribution in [0.15, 0.2) is 48.5 Å². The molecule has 0 saturated carbocycles. The number of unbranched alkanes of at least 4 members (excludes halogenated alkanes) is 3. The molecule has 0 aliphatic carbocycles. The van der Waals surface area contributed by atoms with Gasteiger partial charge in [0.2, 0.25) is 0 Å². The number of carbonyl (C=O) groups excluding carboxylic acids is 2. The Kier molecular flexibility index (Phi) is 8.53. The van der Waals surface area contributed by atoms with E-state index in [1.54, 1.807) is 42.5 Å². The Hall–Kier alpha value is -2.82. The third kappa shape index (κ3) is 5.35. The first-order valence-electron chi connectivity index (χ1n) is 9.60. The summed E-state index contributed by atoms with van der Waals surface area (Å²) in [4.78, 5) is 26.3. The van der Waals surface area contributed by atoms with Crippen molar-refractivity contribution < 1.29 is 23.8 Å². The van der Waals surface area contributed by atoms with Gasteiger partial charge in [0.25, 0.3) is 0 Å². The van der Waals surface area contributed by atoms with E-state index in [2.05, 4.69) is 6.92 Å². The summed E-state index contributed by atoms with van der Waals surface area (Å²) in [6, 6.07) is 14.0. The number of rotatable bonds is 11. The third-order valence-electron chi connectivity index (χ3n) is 4.55. The summed E-state index contributed by atoms with van der Waals surface area (Å²) in [7, 11) is 2.96. The first-order valence-corrected chi connectivity index (χ1v) is 9.60. The minimum atomic E-state index is -1.07. The van der Waals surface area contributed by atoms with E-state index in [-0.39, 0.29) is 5.56 Å². The largest absolute Gasteiger partial charge is 0.496 e. The van der Waals surface area contributed by atoms with Gasteiger partial charge in [-0.1, -0.05) is 62.6 Å². The first-order chi connectivity index (χ1) is 13.6. The van der Waals surface area contributed by atoms with E-state index in [9.17, 15) is 9.59 Å². The smallest absolute Gasteiger partial charge is 0.321 e. The SMILES string of the molecule is CCCCCCOC(=O)C(C(=O)c1c(OC)cccc1OC)c1ccccc1. The fourth-order valence-electron chi connectivity index (χ4n) is 3.06. The maximum Gasteiger partial charge on any atom is 0.321 e. The Labute approximate surface area is 166 Å². The molecule has 150 valence electrons. The number of methoxy groups -OCH3 is 2. The Morgan fingerprint density at radius 2 is 1.50 bits per heavy atom. The van der Waals surface area contributed by atoms with Gasteiger partial charge in [-0.25, -0.2) is 0 Å². The summed E-state index contributed by atoms with van der Waals surface area (Å²) in [6.07, 6.45) is 3.98. The summed E-state index contributed by atoms with van der Waals surface area (Å²) in [6.45, 7) is 2.43. The summed E-state index contributed by atoms with van der Waals surface area (Å²) in [5.74, 6) is -1.31. The number of hydrogen-bond acceptors (Lipinski definition) is 5. The van der Waals surface area contributed by atoms with E-state index in [0.29, 0.717) is 23.7 Å². The molecule has 0 aliphatic rings. The van der Waals surface area contributed by atoms with Crippen molar-refractivity contribution in [3.05, 3.63) is 59.7 Å². The van der Waals surface area contributed by atoms with Crippen LogP contribution in [-0.4, -0.2) is 32.6 Å². The second kappa shape index (κ2) is 11.1. The van der Waals surface area contributed by atoms with E-state index >= 15 is 0 Å². The molecule has 5 nitrogen and oxygen atoms in total. The number of benzene rings is 2. The van der Waals surface area contributed by atoms with Gasteiger partial charge in [0.15, 0.2) is 5.78 Å². The number of ketones is 1. The van der Waals surface area contributed by atoms with E-state index in [1.807, 2.05) is 6.07 Å². The molecule has 0 N–H and O–H groups in total. The number of ether oxygens (including phenoxy) is 3. The quantitative estimate of drug-likeness (QED) is 0.241. The molecule has 1 atom stereocenters. The van der Waals surface area contributed by atoms with Crippen molar-refractivity contribution in [3.63, 3.8) is 0 Å². The lowest BCUT2D eigenvalue weighted by Crippen LogP contribution is -2.25. The molecule has 2 aromatic rings. The van der Waals surface area contributed by atoms with Crippen LogP contribution in [0.1, 0.15) is 54.4 Å². The average molecular weight is 384 g/mol. The first kappa shape index (κ1) is 21.5. The van der Waals surface area contributed by atoms with Crippen molar-refractivity contribution in [1.82, 2.24) is 0 Å². The lowest BCUT2D eigenvalue weighted by Gasteiger charge is -2.19. The van der Waals surface area contributed by atoms with Crippen LogP contribution in [-0.2, 0) is 9.53 Å². The number of hydrogen-bond donors (Lipinski definition) is 0. The van der Waals surface area contributed by atoms with Crippen molar-refractivity contribution in [2.45, 2.75) is 38.5 Å². The van der Waals surface area contributed by atoms with Gasteiger partial charge in [-0.3, -0.25) is 9.59 Å². The molecule has 0 heterocycles. The standard InChI is InChI=1S/C23H28O5/c1-4-5-6-10-16-28-23(25)20(17-12-8-7-9-13-17)22(24)21-18(26-2)14-11-15-19(21)27-3/h7-9,11-15,20H,4-6,10,16H2,1-3H3. The lowest BCUT2D eigenvalue weighted by atomic mass is 9.89. The minimum absolute atomic E-state index is 0.240. The third-order valence-corrected chi connectivity index (χ3v) is 4.55. The molecule has 0 aliphatic heterocycles. The Balaban J connectivity index is 2.33. The van der Waals surface area contributed by atoms with Crippen molar-refractivity contribution in [3.8, 4) is 11.5 Å². The zero-order valence-corrected chi connectivity index (χ0v) is 16.8. The molecular formula is C23H28O5. The van der Waals surface area contributed by atoms with Crippen LogP contribution in [0.3, 0.4) is 0 Å². The van der Waals surface area contributed by atoms with E-state index in [0.717, 1.165) is 25.7 Å². The van der Waals surface area contributed by atoms with Crippen molar-refractivity contribution >= 4 is 11.8 Å². The Bertz CT molecular complexity index is 748. The minimum Gasteiger partial charge on any atom is -0.496 e. The molecule has 0 saturated heterocycles. The highest BCUT2D eigenvalue weighted by atomic mass is 16.5. The van der Waals surface area contributed by atoms with Gasteiger partial charge in [-0.2, -0.15) is 0 Å². The molecule has 28 heavy (non-hydrogen) atoms. The van der Waals surface area contributed by atoms with Crippen LogP contribution < -0.4 is 9.47 Å². The molecule has 2 aromatic carbocycles. The zero-order chi connectivity index (χ0) is 20.4. The predicted octanol–water partition coefficient (Wildman–Crippen LogP) is 4.79. The maximum atomic E-state index is 13.4. The molecule has 0 aromatic heterocycles. The molecule has 0 bridgehead atoms. The molecule has 0 amide bonds. The highest BCUT2D eigenvalue weighted by Gasteiger charge is 2.34. The summed E-state index contributed by atoms with van der Waals surface area (Å²) in [5.41, 5.74) is 0.823. The van der Waals surface area contributed by atoms with E-state index in [4.69, 9.17) is 14.2 Å². The van der Waals surface area contributed by atoms with Gasteiger partial charge in [-0.05, 0) is 24.1 Å². The predicted molar refractivity (Wildman–Crippen MR) is 108 cm³/mol. The second-order valence-electron chi connectivity index (χ2n) is 6.47. The lowest BCUT2D eigenvalue weighted by molar-refractivity contribution is -0.144. The fourth-order valence-corrected chi connectivity index (χ4v) is 3.06. The van der Waals surface area contributed by atoms with Gasteiger partial charge in [0, 0.05) is 0 Å². The summed E-state index contributed by atoms with van der Waals surface area (Å²) < 4.78 is 16.1. The van der Waals surface area contributed by atoms with Crippen LogP contribution in [0.4, 0.5) is 0 Å². The molecule has 0 fully saturated rings. The van der Waals surface area contributed by atoms with Gasteiger partial charge in [-0.15, -0.1) is 0 Å². The normalized spacial score (nSPS) is 11.5. The van der Waals surface area contributed by atoms with Crippen molar-refractivity contribution in [1.29, 1.82) is 0 Å². The van der Waals surface area contributed by atoms with Crippen LogP contribution in [0.5, 0.6) is 11.5 Å². The van der Waals surface area contributed by atoms with Crippen molar-refractivity contribution in [2.24, 2.45) is 0 Å². The number of carbonyl (C=O) groups is 2. The highest BCUT2D eigenvalue weighted by Crippen LogP contribution is 2.34. The van der Waals surface area contributed by atoms with Crippen LogP contribution >= 0.6 is 0 Å². The van der Waals surface area contributed by atoms with Gasteiger partial charge < -0.3 is 14.2 Å². The molecule has 5 heteroatoms. The number of esters is 1.